The van der Waals surface area contributed by atoms with Gasteiger partial charge in [0.25, 0.3) is 0 Å². The Morgan fingerprint density at radius 1 is 0.690 bits per heavy atom. The topological polar surface area (TPSA) is 25.8 Å². The van der Waals surface area contributed by atoms with Crippen LogP contribution in [0.2, 0.25) is 0 Å². The summed E-state index contributed by atoms with van der Waals surface area (Å²) in [6.07, 6.45) is 12.5. The molecule has 0 radical (unpaired) electrons. The molecule has 2 nitrogen and oxygen atoms in total. The lowest BCUT2D eigenvalue weighted by molar-refractivity contribution is 0.560. The Morgan fingerprint density at radius 3 is 1.86 bits per heavy atom. The molecule has 1 atom stereocenters. The standard InChI is InChI=1S/C27H34N2/c1-4-6-7-8-9-23-19-28-27(29-20-23)26-16-14-25(15-17-26)24-12-10-22(11-13-24)18-21(3)5-2/h10-17,19-21H,4-9,18H2,1-3H3. The molecule has 0 aliphatic carbocycles. The number of benzene rings is 2. The van der Waals surface area contributed by atoms with Crippen LogP contribution in [0.5, 0.6) is 0 Å². The minimum atomic E-state index is 0.739. The van der Waals surface area contributed by atoms with Crippen LogP contribution in [0, 0.1) is 5.92 Å². The molecule has 152 valence electrons. The summed E-state index contributed by atoms with van der Waals surface area (Å²) in [7, 11) is 0. The van der Waals surface area contributed by atoms with Crippen LogP contribution in [0.3, 0.4) is 0 Å². The van der Waals surface area contributed by atoms with E-state index in [-0.39, 0.29) is 0 Å². The number of aromatic nitrogens is 2. The average Bonchev–Trinajstić information content (AvgIpc) is 2.78. The van der Waals surface area contributed by atoms with Gasteiger partial charge < -0.3 is 0 Å². The highest BCUT2D eigenvalue weighted by Gasteiger charge is 2.05. The predicted octanol–water partition coefficient (Wildman–Crippen LogP) is 7.52. The normalized spacial score (nSPS) is 12.1. The zero-order chi connectivity index (χ0) is 20.5. The highest BCUT2D eigenvalue weighted by Crippen LogP contribution is 2.24. The van der Waals surface area contributed by atoms with E-state index >= 15 is 0 Å². The highest BCUT2D eigenvalue weighted by molar-refractivity contribution is 5.67. The van der Waals surface area contributed by atoms with Crippen LogP contribution in [0.1, 0.15) is 64.0 Å². The van der Waals surface area contributed by atoms with Gasteiger partial charge in [0.15, 0.2) is 5.82 Å². The van der Waals surface area contributed by atoms with Gasteiger partial charge in [-0.05, 0) is 47.4 Å². The zero-order valence-corrected chi connectivity index (χ0v) is 18.2. The van der Waals surface area contributed by atoms with Crippen molar-refractivity contribution < 1.29 is 0 Å². The lowest BCUT2D eigenvalue weighted by Gasteiger charge is -2.09. The third-order valence-electron chi connectivity index (χ3n) is 5.74. The molecule has 0 aliphatic heterocycles. The maximum Gasteiger partial charge on any atom is 0.159 e. The van der Waals surface area contributed by atoms with E-state index in [4.69, 9.17) is 0 Å². The first kappa shape index (κ1) is 21.2. The van der Waals surface area contributed by atoms with Crippen LogP contribution in [-0.4, -0.2) is 9.97 Å². The zero-order valence-electron chi connectivity index (χ0n) is 18.2. The Labute approximate surface area is 176 Å². The highest BCUT2D eigenvalue weighted by atomic mass is 14.9. The Morgan fingerprint density at radius 2 is 1.28 bits per heavy atom. The van der Waals surface area contributed by atoms with Crippen molar-refractivity contribution in [3.63, 3.8) is 0 Å². The third-order valence-corrected chi connectivity index (χ3v) is 5.74. The molecule has 2 aromatic carbocycles. The number of hydrogen-bond donors (Lipinski definition) is 0. The van der Waals surface area contributed by atoms with Crippen molar-refractivity contribution in [1.82, 2.24) is 9.97 Å². The molecule has 3 rings (SSSR count). The molecule has 1 aromatic heterocycles. The van der Waals surface area contributed by atoms with Gasteiger partial charge in [-0.25, -0.2) is 9.97 Å². The Hall–Kier alpha value is -2.48. The van der Waals surface area contributed by atoms with E-state index < -0.39 is 0 Å². The van der Waals surface area contributed by atoms with Gasteiger partial charge in [0.05, 0.1) is 0 Å². The second kappa shape index (κ2) is 10.9. The summed E-state index contributed by atoms with van der Waals surface area (Å²) >= 11 is 0. The molecule has 0 aliphatic rings. The van der Waals surface area contributed by atoms with Gasteiger partial charge in [-0.2, -0.15) is 0 Å². The molecule has 1 heterocycles. The van der Waals surface area contributed by atoms with Crippen LogP contribution in [0.25, 0.3) is 22.5 Å². The molecule has 0 saturated carbocycles. The lowest BCUT2D eigenvalue weighted by Crippen LogP contribution is -1.97. The largest absolute Gasteiger partial charge is 0.236 e. The molecule has 3 aromatic rings. The van der Waals surface area contributed by atoms with E-state index in [2.05, 4.69) is 79.3 Å². The van der Waals surface area contributed by atoms with Gasteiger partial charge in [-0.3, -0.25) is 0 Å². The quantitative estimate of drug-likeness (QED) is 0.337. The van der Waals surface area contributed by atoms with E-state index in [0.717, 1.165) is 30.1 Å². The molecule has 0 saturated heterocycles. The molecule has 0 bridgehead atoms. The molecule has 0 N–H and O–H groups in total. The lowest BCUT2D eigenvalue weighted by atomic mass is 9.96. The molecule has 2 heteroatoms. The number of hydrogen-bond acceptors (Lipinski definition) is 2. The van der Waals surface area contributed by atoms with E-state index in [1.807, 2.05) is 12.4 Å². The number of nitrogens with zero attached hydrogens (tertiary/aromatic N) is 2. The first-order valence-electron chi connectivity index (χ1n) is 11.2. The second-order valence-electron chi connectivity index (χ2n) is 8.22. The van der Waals surface area contributed by atoms with Crippen LogP contribution in [-0.2, 0) is 12.8 Å². The summed E-state index contributed by atoms with van der Waals surface area (Å²) < 4.78 is 0. The number of rotatable bonds is 10. The van der Waals surface area contributed by atoms with Crippen molar-refractivity contribution in [3.8, 4) is 22.5 Å². The summed E-state index contributed by atoms with van der Waals surface area (Å²) in [5, 5.41) is 0. The Balaban J connectivity index is 1.62. The molecule has 0 spiro atoms. The van der Waals surface area contributed by atoms with E-state index in [1.165, 1.54) is 54.4 Å². The molecule has 0 fully saturated rings. The fraction of sp³-hybridized carbons (Fsp3) is 0.407. The molecule has 0 amide bonds. The van der Waals surface area contributed by atoms with Crippen LogP contribution < -0.4 is 0 Å². The second-order valence-corrected chi connectivity index (χ2v) is 8.22. The van der Waals surface area contributed by atoms with Gasteiger partial charge in [0.2, 0.25) is 0 Å². The Bertz CT molecular complexity index is 849. The van der Waals surface area contributed by atoms with Crippen molar-refractivity contribution in [3.05, 3.63) is 72.1 Å². The first-order valence-corrected chi connectivity index (χ1v) is 11.2. The van der Waals surface area contributed by atoms with Crippen molar-refractivity contribution in [2.24, 2.45) is 5.92 Å². The fourth-order valence-corrected chi connectivity index (χ4v) is 3.58. The van der Waals surface area contributed by atoms with E-state index in [9.17, 15) is 0 Å². The van der Waals surface area contributed by atoms with E-state index in [0.29, 0.717) is 0 Å². The van der Waals surface area contributed by atoms with Gasteiger partial charge >= 0.3 is 0 Å². The summed E-state index contributed by atoms with van der Waals surface area (Å²) in [5.74, 6) is 1.54. The number of aryl methyl sites for hydroxylation is 1. The molecule has 1 unspecified atom stereocenters. The predicted molar refractivity (Wildman–Crippen MR) is 124 cm³/mol. The fourth-order valence-electron chi connectivity index (χ4n) is 3.58. The van der Waals surface area contributed by atoms with E-state index in [1.54, 1.807) is 0 Å². The molecule has 29 heavy (non-hydrogen) atoms. The summed E-state index contributed by atoms with van der Waals surface area (Å²) in [5.41, 5.74) is 6.21. The van der Waals surface area contributed by atoms with Crippen LogP contribution in [0.15, 0.2) is 60.9 Å². The van der Waals surface area contributed by atoms with Crippen LogP contribution >= 0.6 is 0 Å². The monoisotopic (exact) mass is 386 g/mol. The van der Waals surface area contributed by atoms with Crippen molar-refractivity contribution in [2.75, 3.05) is 0 Å². The molecular formula is C27H34N2. The Kier molecular flexibility index (Phi) is 7.98. The van der Waals surface area contributed by atoms with Crippen molar-refractivity contribution >= 4 is 0 Å². The van der Waals surface area contributed by atoms with Crippen molar-refractivity contribution in [1.29, 1.82) is 0 Å². The smallest absolute Gasteiger partial charge is 0.159 e. The average molecular weight is 387 g/mol. The summed E-state index contributed by atoms with van der Waals surface area (Å²) in [6.45, 7) is 6.81. The maximum atomic E-state index is 4.59. The van der Waals surface area contributed by atoms with Crippen molar-refractivity contribution in [2.45, 2.75) is 65.7 Å². The number of unbranched alkanes of at least 4 members (excludes halogenated alkanes) is 3. The third kappa shape index (κ3) is 6.25. The SMILES string of the molecule is CCCCCCc1cnc(-c2ccc(-c3ccc(CC(C)CC)cc3)cc2)nc1. The minimum Gasteiger partial charge on any atom is -0.236 e. The molecular weight excluding hydrogens is 352 g/mol. The maximum absolute atomic E-state index is 4.59. The van der Waals surface area contributed by atoms with Gasteiger partial charge in [0, 0.05) is 18.0 Å². The van der Waals surface area contributed by atoms with Gasteiger partial charge in [0.1, 0.15) is 0 Å². The first-order chi connectivity index (χ1) is 14.2. The van der Waals surface area contributed by atoms with Gasteiger partial charge in [-0.15, -0.1) is 0 Å². The van der Waals surface area contributed by atoms with Crippen LogP contribution in [0.4, 0.5) is 0 Å². The van der Waals surface area contributed by atoms with Gasteiger partial charge in [-0.1, -0.05) is 95.0 Å². The summed E-state index contributed by atoms with van der Waals surface area (Å²) in [6, 6.07) is 17.6. The minimum absolute atomic E-state index is 0.739. The summed E-state index contributed by atoms with van der Waals surface area (Å²) in [4.78, 5) is 9.17.